The molecule has 0 aliphatic carbocycles. The first-order valence-corrected chi connectivity index (χ1v) is 9.62. The van der Waals surface area contributed by atoms with Gasteiger partial charge in [0.05, 0.1) is 13.7 Å². The summed E-state index contributed by atoms with van der Waals surface area (Å²) in [7, 11) is 1.65. The number of benzene rings is 2. The Morgan fingerprint density at radius 1 is 0.964 bits per heavy atom. The van der Waals surface area contributed by atoms with E-state index in [1.807, 2.05) is 59.5 Å². The maximum absolute atomic E-state index is 12.5. The van der Waals surface area contributed by atoms with Crippen LogP contribution in [0.5, 0.6) is 5.75 Å². The standard InChI is InChI=1S/C22H27N3O3/c1-28-20-9-7-18(8-10-20)11-12-23-21(26)17-24-13-15-25(16-14-24)22(27)19-5-3-2-4-6-19/h2-10H,11-17H2,1H3,(H,23,26). The molecule has 0 radical (unpaired) electrons. The number of rotatable bonds is 7. The predicted octanol–water partition coefficient (Wildman–Crippen LogP) is 1.81. The van der Waals surface area contributed by atoms with Crippen LogP contribution in [-0.4, -0.2) is 68.0 Å². The molecule has 2 aromatic rings. The lowest BCUT2D eigenvalue weighted by Gasteiger charge is -2.34. The highest BCUT2D eigenvalue weighted by Gasteiger charge is 2.23. The van der Waals surface area contributed by atoms with Crippen molar-refractivity contribution in [2.45, 2.75) is 6.42 Å². The van der Waals surface area contributed by atoms with E-state index in [4.69, 9.17) is 4.74 Å². The fraction of sp³-hybridized carbons (Fsp3) is 0.364. The summed E-state index contributed by atoms with van der Waals surface area (Å²) in [6.07, 6.45) is 0.787. The van der Waals surface area contributed by atoms with Crippen LogP contribution in [0.25, 0.3) is 0 Å². The molecule has 0 saturated carbocycles. The SMILES string of the molecule is COc1ccc(CCNC(=O)CN2CCN(C(=O)c3ccccc3)CC2)cc1. The number of carbonyl (C=O) groups is 2. The highest BCUT2D eigenvalue weighted by molar-refractivity contribution is 5.94. The number of nitrogens with one attached hydrogen (secondary N) is 1. The molecule has 0 aromatic heterocycles. The Bertz CT molecular complexity index is 769. The molecule has 148 valence electrons. The Labute approximate surface area is 166 Å². The quantitative estimate of drug-likeness (QED) is 0.795. The summed E-state index contributed by atoms with van der Waals surface area (Å²) < 4.78 is 5.14. The first kappa shape index (κ1) is 19.9. The van der Waals surface area contributed by atoms with Gasteiger partial charge in [0.1, 0.15) is 5.75 Å². The van der Waals surface area contributed by atoms with E-state index in [2.05, 4.69) is 10.2 Å². The van der Waals surface area contributed by atoms with Crippen LogP contribution in [0.1, 0.15) is 15.9 Å². The number of hydrogen-bond acceptors (Lipinski definition) is 4. The molecule has 0 atom stereocenters. The molecule has 3 rings (SSSR count). The molecule has 0 spiro atoms. The molecule has 6 nitrogen and oxygen atoms in total. The van der Waals surface area contributed by atoms with Gasteiger partial charge in [0.15, 0.2) is 0 Å². The van der Waals surface area contributed by atoms with Crippen LogP contribution < -0.4 is 10.1 Å². The van der Waals surface area contributed by atoms with E-state index in [1.54, 1.807) is 7.11 Å². The molecule has 1 N–H and O–H groups in total. The minimum atomic E-state index is 0.0244. The van der Waals surface area contributed by atoms with Gasteiger partial charge in [-0.3, -0.25) is 14.5 Å². The summed E-state index contributed by atoms with van der Waals surface area (Å²) in [5.74, 6) is 0.915. The summed E-state index contributed by atoms with van der Waals surface area (Å²) in [6, 6.07) is 17.2. The zero-order valence-electron chi connectivity index (χ0n) is 16.3. The van der Waals surface area contributed by atoms with Gasteiger partial charge < -0.3 is 15.0 Å². The average molecular weight is 381 g/mol. The van der Waals surface area contributed by atoms with Gasteiger partial charge in [-0.05, 0) is 36.2 Å². The molecule has 0 bridgehead atoms. The second kappa shape index (κ2) is 9.90. The number of nitrogens with zero attached hydrogens (tertiary/aromatic N) is 2. The highest BCUT2D eigenvalue weighted by Crippen LogP contribution is 2.11. The molecule has 0 unspecified atom stereocenters. The number of amides is 2. The fourth-order valence-corrected chi connectivity index (χ4v) is 3.27. The van der Waals surface area contributed by atoms with Gasteiger partial charge in [-0.15, -0.1) is 0 Å². The lowest BCUT2D eigenvalue weighted by Crippen LogP contribution is -2.51. The summed E-state index contributed by atoms with van der Waals surface area (Å²) in [5, 5.41) is 2.97. The Balaban J connectivity index is 1.36. The van der Waals surface area contributed by atoms with Crippen molar-refractivity contribution in [3.8, 4) is 5.75 Å². The lowest BCUT2D eigenvalue weighted by molar-refractivity contribution is -0.122. The van der Waals surface area contributed by atoms with Crippen molar-refractivity contribution in [1.82, 2.24) is 15.1 Å². The molecule has 1 aliphatic rings. The second-order valence-corrected chi connectivity index (χ2v) is 6.88. The third-order valence-corrected chi connectivity index (χ3v) is 4.94. The summed E-state index contributed by atoms with van der Waals surface area (Å²) in [6.45, 7) is 3.70. The number of piperazine rings is 1. The van der Waals surface area contributed by atoms with Crippen molar-refractivity contribution >= 4 is 11.8 Å². The molecule has 6 heteroatoms. The van der Waals surface area contributed by atoms with Gasteiger partial charge in [0.25, 0.3) is 5.91 Å². The molecule has 1 saturated heterocycles. The number of hydrogen-bond donors (Lipinski definition) is 1. The Kier molecular flexibility index (Phi) is 7.03. The maximum atomic E-state index is 12.5. The minimum absolute atomic E-state index is 0.0244. The van der Waals surface area contributed by atoms with Gasteiger partial charge in [-0.2, -0.15) is 0 Å². The van der Waals surface area contributed by atoms with Gasteiger partial charge >= 0.3 is 0 Å². The molecule has 28 heavy (non-hydrogen) atoms. The normalized spacial score (nSPS) is 14.5. The van der Waals surface area contributed by atoms with Crippen LogP contribution in [-0.2, 0) is 11.2 Å². The van der Waals surface area contributed by atoms with Crippen LogP contribution in [0.4, 0.5) is 0 Å². The molecule has 1 heterocycles. The average Bonchev–Trinajstić information content (AvgIpc) is 2.75. The Morgan fingerprint density at radius 2 is 1.64 bits per heavy atom. The van der Waals surface area contributed by atoms with E-state index in [1.165, 1.54) is 0 Å². The highest BCUT2D eigenvalue weighted by atomic mass is 16.5. The topological polar surface area (TPSA) is 61.9 Å². The van der Waals surface area contributed by atoms with Crippen LogP contribution in [0.15, 0.2) is 54.6 Å². The predicted molar refractivity (Wildman–Crippen MR) is 108 cm³/mol. The van der Waals surface area contributed by atoms with Crippen molar-refractivity contribution in [1.29, 1.82) is 0 Å². The van der Waals surface area contributed by atoms with E-state index in [-0.39, 0.29) is 11.8 Å². The third kappa shape index (κ3) is 5.57. The number of carbonyl (C=O) groups excluding carboxylic acids is 2. The molecular weight excluding hydrogens is 354 g/mol. The number of methoxy groups -OCH3 is 1. The fourth-order valence-electron chi connectivity index (χ4n) is 3.27. The Morgan fingerprint density at radius 3 is 2.29 bits per heavy atom. The third-order valence-electron chi connectivity index (χ3n) is 4.94. The van der Waals surface area contributed by atoms with Crippen LogP contribution >= 0.6 is 0 Å². The molecule has 2 amide bonds. The van der Waals surface area contributed by atoms with Gasteiger partial charge in [0, 0.05) is 38.3 Å². The monoisotopic (exact) mass is 381 g/mol. The number of ether oxygens (including phenoxy) is 1. The Hall–Kier alpha value is -2.86. The maximum Gasteiger partial charge on any atom is 0.253 e. The van der Waals surface area contributed by atoms with Gasteiger partial charge in [-0.1, -0.05) is 30.3 Å². The van der Waals surface area contributed by atoms with Crippen molar-refractivity contribution in [2.24, 2.45) is 0 Å². The lowest BCUT2D eigenvalue weighted by atomic mass is 10.1. The van der Waals surface area contributed by atoms with Crippen molar-refractivity contribution < 1.29 is 14.3 Å². The smallest absolute Gasteiger partial charge is 0.253 e. The molecule has 1 aliphatic heterocycles. The zero-order chi connectivity index (χ0) is 19.8. The molecule has 2 aromatic carbocycles. The summed E-state index contributed by atoms with van der Waals surface area (Å²) in [5.41, 5.74) is 1.88. The summed E-state index contributed by atoms with van der Waals surface area (Å²) >= 11 is 0. The van der Waals surface area contributed by atoms with E-state index >= 15 is 0 Å². The molecule has 1 fully saturated rings. The van der Waals surface area contributed by atoms with Crippen molar-refractivity contribution in [3.05, 3.63) is 65.7 Å². The van der Waals surface area contributed by atoms with E-state index in [9.17, 15) is 9.59 Å². The minimum Gasteiger partial charge on any atom is -0.497 e. The van der Waals surface area contributed by atoms with E-state index < -0.39 is 0 Å². The largest absolute Gasteiger partial charge is 0.497 e. The molecular formula is C22H27N3O3. The van der Waals surface area contributed by atoms with Crippen LogP contribution in [0.3, 0.4) is 0 Å². The van der Waals surface area contributed by atoms with Crippen molar-refractivity contribution in [2.75, 3.05) is 46.4 Å². The first-order valence-electron chi connectivity index (χ1n) is 9.62. The first-order chi connectivity index (χ1) is 13.7. The van der Waals surface area contributed by atoms with Crippen molar-refractivity contribution in [3.63, 3.8) is 0 Å². The zero-order valence-corrected chi connectivity index (χ0v) is 16.3. The van der Waals surface area contributed by atoms with Crippen LogP contribution in [0, 0.1) is 0 Å². The van der Waals surface area contributed by atoms with Gasteiger partial charge in [0.2, 0.25) is 5.91 Å². The summed E-state index contributed by atoms with van der Waals surface area (Å²) in [4.78, 5) is 28.6. The second-order valence-electron chi connectivity index (χ2n) is 6.88. The van der Waals surface area contributed by atoms with Crippen LogP contribution in [0.2, 0.25) is 0 Å². The van der Waals surface area contributed by atoms with Gasteiger partial charge in [-0.25, -0.2) is 0 Å². The van der Waals surface area contributed by atoms with E-state index in [0.29, 0.717) is 44.8 Å². The van der Waals surface area contributed by atoms with E-state index in [0.717, 1.165) is 17.7 Å².